The van der Waals surface area contributed by atoms with Gasteiger partial charge >= 0.3 is 0 Å². The fraction of sp³-hybridized carbons (Fsp3) is 0.750. The van der Waals surface area contributed by atoms with Crippen molar-refractivity contribution in [2.24, 2.45) is 0 Å². The third-order valence-corrected chi connectivity index (χ3v) is 4.79. The Morgan fingerprint density at radius 1 is 1.43 bits per heavy atom. The van der Waals surface area contributed by atoms with Gasteiger partial charge in [-0.15, -0.1) is 0 Å². The summed E-state index contributed by atoms with van der Waals surface area (Å²) in [7, 11) is 0. The van der Waals surface area contributed by atoms with Crippen LogP contribution in [0.25, 0.3) is 0 Å². The molecule has 0 saturated carbocycles. The Bertz CT molecular complexity index is 472. The molecule has 0 amide bonds. The van der Waals surface area contributed by atoms with E-state index in [0.717, 1.165) is 69.9 Å². The van der Waals surface area contributed by atoms with Gasteiger partial charge in [0.25, 0.3) is 0 Å². The van der Waals surface area contributed by atoms with Gasteiger partial charge in [0.15, 0.2) is 0 Å². The number of rotatable bonds is 3. The van der Waals surface area contributed by atoms with Crippen molar-refractivity contribution in [2.45, 2.75) is 57.3 Å². The lowest BCUT2D eigenvalue weighted by atomic mass is 9.82. The summed E-state index contributed by atoms with van der Waals surface area (Å²) in [5.74, 6) is 0.909. The molecule has 5 nitrogen and oxygen atoms in total. The van der Waals surface area contributed by atoms with Crippen LogP contribution in [-0.4, -0.2) is 51.4 Å². The van der Waals surface area contributed by atoms with Crippen LogP contribution in [0.4, 0.5) is 0 Å². The molecule has 0 aromatic carbocycles. The molecule has 0 bridgehead atoms. The molecule has 3 rings (SSSR count). The van der Waals surface area contributed by atoms with Gasteiger partial charge in [0.05, 0.1) is 17.4 Å². The van der Waals surface area contributed by atoms with Crippen molar-refractivity contribution < 1.29 is 9.84 Å². The Morgan fingerprint density at radius 2 is 2.24 bits per heavy atom. The van der Waals surface area contributed by atoms with E-state index in [-0.39, 0.29) is 11.7 Å². The first kappa shape index (κ1) is 14.9. The Morgan fingerprint density at radius 3 is 2.95 bits per heavy atom. The average Bonchev–Trinajstić information content (AvgIpc) is 2.53. The molecule has 1 N–H and O–H groups in total. The second kappa shape index (κ2) is 6.38. The van der Waals surface area contributed by atoms with Gasteiger partial charge in [-0.05, 0) is 31.7 Å². The number of hydrogen-bond donors (Lipinski definition) is 1. The van der Waals surface area contributed by atoms with Gasteiger partial charge in [-0.2, -0.15) is 0 Å². The van der Waals surface area contributed by atoms with Crippen molar-refractivity contribution >= 4 is 0 Å². The fourth-order valence-electron chi connectivity index (χ4n) is 3.41. The van der Waals surface area contributed by atoms with Crippen molar-refractivity contribution in [3.8, 4) is 0 Å². The van der Waals surface area contributed by atoms with Crippen LogP contribution in [0.5, 0.6) is 0 Å². The van der Waals surface area contributed by atoms with E-state index in [1.807, 2.05) is 12.3 Å². The first-order valence-corrected chi connectivity index (χ1v) is 8.07. The molecule has 5 heteroatoms. The highest BCUT2D eigenvalue weighted by atomic mass is 16.5. The van der Waals surface area contributed by atoms with Gasteiger partial charge in [-0.1, -0.05) is 6.92 Å². The first-order chi connectivity index (χ1) is 10.2. The molecule has 21 heavy (non-hydrogen) atoms. The molecule has 0 radical (unpaired) electrons. The standard InChI is InChI=1S/C16H25N3O2/c1-2-15-17-8-5-13(18-15)12-19-9-6-16(7-10-19)14(20)4-3-11-21-16/h5,8,14,20H,2-4,6-7,9-12H2,1H3/t14-/m1/s1. The lowest BCUT2D eigenvalue weighted by molar-refractivity contribution is -0.177. The number of hydrogen-bond acceptors (Lipinski definition) is 5. The lowest BCUT2D eigenvalue weighted by Crippen LogP contribution is -2.55. The number of piperidine rings is 1. The van der Waals surface area contributed by atoms with Crippen LogP contribution in [-0.2, 0) is 17.7 Å². The predicted octanol–water partition coefficient (Wildman–Crippen LogP) is 1.54. The minimum atomic E-state index is -0.292. The third kappa shape index (κ3) is 3.25. The number of ether oxygens (including phenoxy) is 1. The minimum Gasteiger partial charge on any atom is -0.390 e. The quantitative estimate of drug-likeness (QED) is 0.915. The number of aromatic nitrogens is 2. The fourth-order valence-corrected chi connectivity index (χ4v) is 3.41. The highest BCUT2D eigenvalue weighted by Crippen LogP contribution is 2.35. The van der Waals surface area contributed by atoms with Crippen LogP contribution < -0.4 is 0 Å². The van der Waals surface area contributed by atoms with Gasteiger partial charge in [0.2, 0.25) is 0 Å². The van der Waals surface area contributed by atoms with Crippen molar-refractivity contribution in [2.75, 3.05) is 19.7 Å². The van der Waals surface area contributed by atoms with E-state index in [0.29, 0.717) is 0 Å². The molecule has 3 heterocycles. The van der Waals surface area contributed by atoms with Crippen LogP contribution in [0.3, 0.4) is 0 Å². The maximum atomic E-state index is 10.3. The van der Waals surface area contributed by atoms with Crippen LogP contribution in [0, 0.1) is 0 Å². The molecule has 0 aliphatic carbocycles. The van der Waals surface area contributed by atoms with E-state index >= 15 is 0 Å². The molecular weight excluding hydrogens is 266 g/mol. The monoisotopic (exact) mass is 291 g/mol. The average molecular weight is 291 g/mol. The Labute approximate surface area is 126 Å². The normalized spacial score (nSPS) is 26.1. The van der Waals surface area contributed by atoms with Crippen molar-refractivity contribution in [1.29, 1.82) is 0 Å². The first-order valence-electron chi connectivity index (χ1n) is 8.07. The minimum absolute atomic E-state index is 0.283. The highest BCUT2D eigenvalue weighted by molar-refractivity contribution is 5.04. The lowest BCUT2D eigenvalue weighted by Gasteiger charge is -2.46. The van der Waals surface area contributed by atoms with E-state index in [4.69, 9.17) is 4.74 Å². The van der Waals surface area contributed by atoms with Crippen molar-refractivity contribution in [3.05, 3.63) is 23.8 Å². The van der Waals surface area contributed by atoms with Crippen LogP contribution >= 0.6 is 0 Å². The summed E-state index contributed by atoms with van der Waals surface area (Å²) in [5.41, 5.74) is 0.803. The number of nitrogens with zero attached hydrogens (tertiary/aromatic N) is 3. The van der Waals surface area contributed by atoms with Gasteiger partial charge in [-0.3, -0.25) is 4.90 Å². The molecule has 2 aliphatic heterocycles. The maximum Gasteiger partial charge on any atom is 0.128 e. The third-order valence-electron chi connectivity index (χ3n) is 4.79. The summed E-state index contributed by atoms with van der Waals surface area (Å²) in [6.07, 6.45) is 6.12. The highest BCUT2D eigenvalue weighted by Gasteiger charge is 2.43. The van der Waals surface area contributed by atoms with E-state index < -0.39 is 0 Å². The van der Waals surface area contributed by atoms with Gasteiger partial charge in [0, 0.05) is 38.9 Å². The molecule has 2 fully saturated rings. The number of aliphatic hydroxyl groups is 1. The Balaban J connectivity index is 1.58. The second-order valence-electron chi connectivity index (χ2n) is 6.17. The topological polar surface area (TPSA) is 58.5 Å². The Kier molecular flexibility index (Phi) is 4.52. The zero-order chi connectivity index (χ0) is 14.7. The number of likely N-dealkylation sites (tertiary alicyclic amines) is 1. The SMILES string of the molecule is CCc1nccc(CN2CCC3(CC2)OCCC[C@H]3O)n1. The van der Waals surface area contributed by atoms with E-state index in [2.05, 4.69) is 21.8 Å². The molecule has 1 spiro atoms. The van der Waals surface area contributed by atoms with E-state index in [9.17, 15) is 5.11 Å². The largest absolute Gasteiger partial charge is 0.390 e. The molecule has 2 saturated heterocycles. The number of aryl methyl sites for hydroxylation is 1. The van der Waals surface area contributed by atoms with Crippen molar-refractivity contribution in [3.63, 3.8) is 0 Å². The zero-order valence-electron chi connectivity index (χ0n) is 12.8. The maximum absolute atomic E-state index is 10.3. The smallest absolute Gasteiger partial charge is 0.128 e. The molecular formula is C16H25N3O2. The zero-order valence-corrected chi connectivity index (χ0v) is 12.8. The molecule has 116 valence electrons. The van der Waals surface area contributed by atoms with Crippen molar-refractivity contribution in [1.82, 2.24) is 14.9 Å². The summed E-state index contributed by atoms with van der Waals surface area (Å²) in [6.45, 7) is 5.65. The number of aliphatic hydroxyl groups excluding tert-OH is 1. The summed E-state index contributed by atoms with van der Waals surface area (Å²) in [6, 6.07) is 2.00. The van der Waals surface area contributed by atoms with Crippen LogP contribution in [0.15, 0.2) is 12.3 Å². The summed E-state index contributed by atoms with van der Waals surface area (Å²) in [4.78, 5) is 11.2. The predicted molar refractivity (Wildman–Crippen MR) is 79.8 cm³/mol. The summed E-state index contributed by atoms with van der Waals surface area (Å²) < 4.78 is 5.95. The molecule has 1 aromatic heterocycles. The Hall–Kier alpha value is -1.04. The molecule has 0 unspecified atom stereocenters. The van der Waals surface area contributed by atoms with Crippen LogP contribution in [0.2, 0.25) is 0 Å². The van der Waals surface area contributed by atoms with Gasteiger partial charge in [-0.25, -0.2) is 9.97 Å². The second-order valence-corrected chi connectivity index (χ2v) is 6.17. The molecule has 2 aliphatic rings. The van der Waals surface area contributed by atoms with Gasteiger partial charge < -0.3 is 9.84 Å². The van der Waals surface area contributed by atoms with Crippen LogP contribution in [0.1, 0.15) is 44.1 Å². The molecule has 1 aromatic rings. The summed E-state index contributed by atoms with van der Waals surface area (Å²) in [5, 5.41) is 10.3. The summed E-state index contributed by atoms with van der Waals surface area (Å²) >= 11 is 0. The van der Waals surface area contributed by atoms with Gasteiger partial charge in [0.1, 0.15) is 5.82 Å². The van der Waals surface area contributed by atoms with E-state index in [1.54, 1.807) is 0 Å². The van der Waals surface area contributed by atoms with E-state index in [1.165, 1.54) is 0 Å². The molecule has 1 atom stereocenters.